The molecule has 0 amide bonds. The fourth-order valence-electron chi connectivity index (χ4n) is 0.309. The second-order valence-electron chi connectivity index (χ2n) is 2.08. The number of likely N-dealkylation sites (N-methyl/N-ethyl adjacent to an activating group) is 1. The largest absolute Gasteiger partial charge is 0.372 e. The predicted octanol–water partition coefficient (Wildman–Crippen LogP) is -0.647. The van der Waals surface area contributed by atoms with Gasteiger partial charge in [0.25, 0.3) is 0 Å². The van der Waals surface area contributed by atoms with Crippen LogP contribution >= 0.6 is 0 Å². The molecule has 54 valence electrons. The summed E-state index contributed by atoms with van der Waals surface area (Å²) in [5.74, 6) is 4.22. The van der Waals surface area contributed by atoms with Gasteiger partial charge in [-0.25, -0.2) is 4.79 Å². The Morgan fingerprint density at radius 1 is 1.67 bits per heavy atom. The molecule has 0 saturated heterocycles. The molecule has 2 N–H and O–H groups in total. The van der Waals surface area contributed by atoms with Crippen LogP contribution in [0.4, 0.5) is 0 Å². The van der Waals surface area contributed by atoms with Crippen LogP contribution in [0.25, 0.3) is 0 Å². The standard InChI is InChI=1S/C5H12N2O2/c1-4(7(2)3)5(8)9-6/h4H,6H2,1-3H3/t4-/m1/s1. The van der Waals surface area contributed by atoms with Crippen molar-refractivity contribution in [2.24, 2.45) is 5.90 Å². The van der Waals surface area contributed by atoms with E-state index >= 15 is 0 Å². The highest BCUT2D eigenvalue weighted by Crippen LogP contribution is 1.91. The Bertz CT molecular complexity index is 103. The lowest BCUT2D eigenvalue weighted by Crippen LogP contribution is -2.35. The topological polar surface area (TPSA) is 55.6 Å². The molecule has 1 atom stereocenters. The van der Waals surface area contributed by atoms with Crippen LogP contribution in [0.3, 0.4) is 0 Å². The quantitative estimate of drug-likeness (QED) is 0.507. The molecular formula is C5H12N2O2. The molecule has 0 aliphatic carbocycles. The molecule has 0 bridgehead atoms. The maximum Gasteiger partial charge on any atom is 0.341 e. The number of nitrogens with zero attached hydrogens (tertiary/aromatic N) is 1. The lowest BCUT2D eigenvalue weighted by molar-refractivity contribution is -0.148. The highest BCUT2D eigenvalue weighted by atomic mass is 16.7. The second kappa shape index (κ2) is 3.42. The van der Waals surface area contributed by atoms with Gasteiger partial charge in [-0.05, 0) is 21.0 Å². The van der Waals surface area contributed by atoms with Gasteiger partial charge in [0.1, 0.15) is 6.04 Å². The Labute approximate surface area is 54.5 Å². The highest BCUT2D eigenvalue weighted by Gasteiger charge is 2.14. The minimum absolute atomic E-state index is 0.269. The van der Waals surface area contributed by atoms with Crippen LogP contribution in [-0.4, -0.2) is 31.0 Å². The zero-order valence-corrected chi connectivity index (χ0v) is 5.92. The molecule has 4 heteroatoms. The fourth-order valence-corrected chi connectivity index (χ4v) is 0.309. The summed E-state index contributed by atoms with van der Waals surface area (Å²) in [7, 11) is 3.56. The number of hydrogen-bond donors (Lipinski definition) is 1. The van der Waals surface area contributed by atoms with E-state index in [0.29, 0.717) is 0 Å². The van der Waals surface area contributed by atoms with E-state index in [2.05, 4.69) is 10.7 Å². The van der Waals surface area contributed by atoms with Gasteiger partial charge in [0.2, 0.25) is 0 Å². The molecule has 0 saturated carbocycles. The van der Waals surface area contributed by atoms with Crippen LogP contribution in [0.2, 0.25) is 0 Å². The Hall–Kier alpha value is -0.610. The summed E-state index contributed by atoms with van der Waals surface area (Å²) in [5, 5.41) is 0. The number of rotatable bonds is 2. The van der Waals surface area contributed by atoms with Gasteiger partial charge in [-0.15, -0.1) is 0 Å². The first-order valence-corrected chi connectivity index (χ1v) is 2.66. The molecule has 0 rings (SSSR count). The van der Waals surface area contributed by atoms with Gasteiger partial charge in [-0.1, -0.05) is 0 Å². The average Bonchev–Trinajstić information content (AvgIpc) is 1.84. The first-order valence-electron chi connectivity index (χ1n) is 2.66. The van der Waals surface area contributed by atoms with E-state index in [9.17, 15) is 4.79 Å². The number of hydrogen-bond acceptors (Lipinski definition) is 4. The lowest BCUT2D eigenvalue weighted by atomic mass is 10.3. The molecule has 0 radical (unpaired) electrons. The fraction of sp³-hybridized carbons (Fsp3) is 0.800. The van der Waals surface area contributed by atoms with Crippen LogP contribution in [0.15, 0.2) is 0 Å². The molecule has 0 spiro atoms. The van der Waals surface area contributed by atoms with Crippen molar-refractivity contribution in [1.29, 1.82) is 0 Å². The molecule has 0 heterocycles. The SMILES string of the molecule is C[C@H](C(=O)ON)N(C)C. The number of carbonyl (C=O) groups excluding carboxylic acids is 1. The average molecular weight is 132 g/mol. The Morgan fingerprint density at radius 2 is 2.11 bits per heavy atom. The summed E-state index contributed by atoms with van der Waals surface area (Å²) in [6, 6.07) is -0.269. The summed E-state index contributed by atoms with van der Waals surface area (Å²) in [5.41, 5.74) is 0. The minimum Gasteiger partial charge on any atom is -0.372 e. The zero-order chi connectivity index (χ0) is 7.44. The summed E-state index contributed by atoms with van der Waals surface area (Å²) in [6.07, 6.45) is 0. The first-order chi connectivity index (χ1) is 4.09. The van der Waals surface area contributed by atoms with Gasteiger partial charge in [-0.2, -0.15) is 5.90 Å². The van der Waals surface area contributed by atoms with E-state index in [4.69, 9.17) is 0 Å². The number of carbonyl (C=O) groups is 1. The molecule has 4 nitrogen and oxygen atoms in total. The van der Waals surface area contributed by atoms with Crippen molar-refractivity contribution in [2.75, 3.05) is 14.1 Å². The summed E-state index contributed by atoms with van der Waals surface area (Å²) in [6.45, 7) is 1.72. The van der Waals surface area contributed by atoms with Crippen molar-refractivity contribution in [2.45, 2.75) is 13.0 Å². The normalized spacial score (nSPS) is 13.4. The van der Waals surface area contributed by atoms with E-state index < -0.39 is 5.97 Å². The van der Waals surface area contributed by atoms with Crippen molar-refractivity contribution in [3.05, 3.63) is 0 Å². The van der Waals surface area contributed by atoms with Crippen LogP contribution in [0.1, 0.15) is 6.92 Å². The Balaban J connectivity index is 3.72. The molecule has 0 aromatic heterocycles. The smallest absolute Gasteiger partial charge is 0.341 e. The maximum atomic E-state index is 10.6. The third kappa shape index (κ3) is 2.43. The monoisotopic (exact) mass is 132 g/mol. The van der Waals surface area contributed by atoms with E-state index in [1.54, 1.807) is 25.9 Å². The van der Waals surface area contributed by atoms with E-state index in [-0.39, 0.29) is 6.04 Å². The Morgan fingerprint density at radius 3 is 2.22 bits per heavy atom. The van der Waals surface area contributed by atoms with Crippen molar-refractivity contribution in [1.82, 2.24) is 4.90 Å². The van der Waals surface area contributed by atoms with Gasteiger partial charge in [0.15, 0.2) is 0 Å². The maximum absolute atomic E-state index is 10.6. The van der Waals surface area contributed by atoms with Crippen molar-refractivity contribution < 1.29 is 9.63 Å². The van der Waals surface area contributed by atoms with Gasteiger partial charge in [-0.3, -0.25) is 4.90 Å². The third-order valence-electron chi connectivity index (χ3n) is 1.23. The van der Waals surface area contributed by atoms with Crippen LogP contribution in [-0.2, 0) is 9.63 Å². The van der Waals surface area contributed by atoms with Gasteiger partial charge in [0.05, 0.1) is 0 Å². The molecule has 0 aromatic carbocycles. The van der Waals surface area contributed by atoms with E-state index in [1.807, 2.05) is 0 Å². The van der Waals surface area contributed by atoms with Crippen molar-refractivity contribution >= 4 is 5.97 Å². The number of nitrogens with two attached hydrogens (primary N) is 1. The molecule has 0 aliphatic heterocycles. The van der Waals surface area contributed by atoms with E-state index in [1.165, 1.54) is 0 Å². The lowest BCUT2D eigenvalue weighted by Gasteiger charge is -2.15. The van der Waals surface area contributed by atoms with Gasteiger partial charge >= 0.3 is 5.97 Å². The molecule has 0 aliphatic rings. The van der Waals surface area contributed by atoms with Crippen LogP contribution < -0.4 is 5.90 Å². The summed E-state index contributed by atoms with van der Waals surface area (Å²) in [4.78, 5) is 16.3. The first kappa shape index (κ1) is 8.39. The molecule has 0 aromatic rings. The highest BCUT2D eigenvalue weighted by molar-refractivity contribution is 5.74. The molecule has 0 fully saturated rings. The predicted molar refractivity (Wildman–Crippen MR) is 33.4 cm³/mol. The Kier molecular flexibility index (Phi) is 3.19. The van der Waals surface area contributed by atoms with Gasteiger partial charge < -0.3 is 4.84 Å². The molecular weight excluding hydrogens is 120 g/mol. The molecule has 9 heavy (non-hydrogen) atoms. The second-order valence-corrected chi connectivity index (χ2v) is 2.08. The zero-order valence-electron chi connectivity index (χ0n) is 5.92. The van der Waals surface area contributed by atoms with Crippen LogP contribution in [0, 0.1) is 0 Å². The summed E-state index contributed by atoms with van der Waals surface area (Å²) < 4.78 is 0. The van der Waals surface area contributed by atoms with Crippen LogP contribution in [0.5, 0.6) is 0 Å². The van der Waals surface area contributed by atoms with Crippen molar-refractivity contribution in [3.63, 3.8) is 0 Å². The minimum atomic E-state index is -0.417. The van der Waals surface area contributed by atoms with E-state index in [0.717, 1.165) is 0 Å². The summed E-state index contributed by atoms with van der Waals surface area (Å²) >= 11 is 0. The third-order valence-corrected chi connectivity index (χ3v) is 1.23. The molecule has 0 unspecified atom stereocenters. The van der Waals surface area contributed by atoms with Crippen molar-refractivity contribution in [3.8, 4) is 0 Å². The van der Waals surface area contributed by atoms with Gasteiger partial charge in [0, 0.05) is 0 Å².